The lowest BCUT2D eigenvalue weighted by molar-refractivity contribution is -0.130. The zero-order valence-corrected chi connectivity index (χ0v) is 13.2. The second kappa shape index (κ2) is 7.72. The fraction of sp³-hybridized carbons (Fsp3) is 0.533. The molecule has 2 heterocycles. The van der Waals surface area contributed by atoms with Gasteiger partial charge in [-0.3, -0.25) is 4.79 Å². The van der Waals surface area contributed by atoms with Crippen molar-refractivity contribution in [3.63, 3.8) is 0 Å². The molecular formula is C15H19NO2S2. The molecule has 1 aromatic rings. The van der Waals surface area contributed by atoms with Gasteiger partial charge in [0.15, 0.2) is 0 Å². The SMILES string of the molecule is CN(Cc1csc(C#CCO)c1)C(=O)C1CCCCS1. The number of hydrogen-bond acceptors (Lipinski definition) is 4. The van der Waals surface area contributed by atoms with Gasteiger partial charge in [0.2, 0.25) is 5.91 Å². The molecule has 1 N–H and O–H groups in total. The van der Waals surface area contributed by atoms with Gasteiger partial charge in [0.1, 0.15) is 6.61 Å². The third-order valence-electron chi connectivity index (χ3n) is 3.20. The summed E-state index contributed by atoms with van der Waals surface area (Å²) in [5.74, 6) is 6.87. The van der Waals surface area contributed by atoms with Crippen molar-refractivity contribution in [1.82, 2.24) is 4.90 Å². The van der Waals surface area contributed by atoms with Crippen molar-refractivity contribution in [2.45, 2.75) is 31.1 Å². The zero-order chi connectivity index (χ0) is 14.4. The van der Waals surface area contributed by atoms with Crippen molar-refractivity contribution < 1.29 is 9.90 Å². The van der Waals surface area contributed by atoms with Gasteiger partial charge in [0.25, 0.3) is 0 Å². The van der Waals surface area contributed by atoms with E-state index in [1.807, 2.05) is 23.4 Å². The van der Waals surface area contributed by atoms with Crippen LogP contribution in [0.2, 0.25) is 0 Å². The van der Waals surface area contributed by atoms with Crippen LogP contribution in [0.3, 0.4) is 0 Å². The van der Waals surface area contributed by atoms with Crippen LogP contribution in [0.25, 0.3) is 0 Å². The average Bonchev–Trinajstić information content (AvgIpc) is 2.92. The molecule has 0 radical (unpaired) electrons. The zero-order valence-electron chi connectivity index (χ0n) is 11.6. The van der Waals surface area contributed by atoms with Crippen molar-refractivity contribution >= 4 is 29.0 Å². The van der Waals surface area contributed by atoms with E-state index in [-0.39, 0.29) is 17.8 Å². The van der Waals surface area contributed by atoms with Crippen molar-refractivity contribution in [3.05, 3.63) is 21.9 Å². The molecule has 1 unspecified atom stereocenters. The quantitative estimate of drug-likeness (QED) is 0.871. The Balaban J connectivity index is 1.91. The predicted octanol–water partition coefficient (Wildman–Crippen LogP) is 2.34. The number of thiophene rings is 1. The molecule has 0 spiro atoms. The van der Waals surface area contributed by atoms with Crippen LogP contribution in [0.15, 0.2) is 11.4 Å². The first-order chi connectivity index (χ1) is 9.70. The van der Waals surface area contributed by atoms with Crippen LogP contribution < -0.4 is 0 Å². The molecule has 5 heteroatoms. The number of thioether (sulfide) groups is 1. The maximum atomic E-state index is 12.3. The number of aliphatic hydroxyl groups excluding tert-OH is 1. The largest absolute Gasteiger partial charge is 0.384 e. The van der Waals surface area contributed by atoms with Gasteiger partial charge in [-0.25, -0.2) is 0 Å². The van der Waals surface area contributed by atoms with Gasteiger partial charge in [-0.05, 0) is 35.6 Å². The number of carbonyl (C=O) groups is 1. The molecule has 20 heavy (non-hydrogen) atoms. The highest BCUT2D eigenvalue weighted by atomic mass is 32.2. The highest BCUT2D eigenvalue weighted by Gasteiger charge is 2.24. The average molecular weight is 309 g/mol. The lowest BCUT2D eigenvalue weighted by atomic mass is 10.1. The van der Waals surface area contributed by atoms with Gasteiger partial charge in [0, 0.05) is 13.6 Å². The van der Waals surface area contributed by atoms with Crippen LogP contribution in [0.5, 0.6) is 0 Å². The Hall–Kier alpha value is -0.960. The highest BCUT2D eigenvalue weighted by Crippen LogP contribution is 2.27. The lowest BCUT2D eigenvalue weighted by Gasteiger charge is -2.25. The van der Waals surface area contributed by atoms with Gasteiger partial charge in [-0.2, -0.15) is 0 Å². The van der Waals surface area contributed by atoms with Gasteiger partial charge >= 0.3 is 0 Å². The van der Waals surface area contributed by atoms with E-state index in [1.165, 1.54) is 6.42 Å². The second-order valence-corrected chi connectivity index (χ2v) is 7.05. The molecular weight excluding hydrogens is 290 g/mol. The van der Waals surface area contributed by atoms with Crippen LogP contribution in [0.1, 0.15) is 29.7 Å². The van der Waals surface area contributed by atoms with Gasteiger partial charge in [-0.15, -0.1) is 23.1 Å². The van der Waals surface area contributed by atoms with Crippen LogP contribution in [0.4, 0.5) is 0 Å². The summed E-state index contributed by atoms with van der Waals surface area (Å²) in [5, 5.41) is 10.8. The summed E-state index contributed by atoms with van der Waals surface area (Å²) in [4.78, 5) is 15.1. The fourth-order valence-electron chi connectivity index (χ4n) is 2.18. The molecule has 0 aliphatic carbocycles. The second-order valence-electron chi connectivity index (χ2n) is 4.83. The third kappa shape index (κ3) is 4.27. The van der Waals surface area contributed by atoms with Crippen molar-refractivity contribution in [2.24, 2.45) is 0 Å². The van der Waals surface area contributed by atoms with Crippen LogP contribution in [0, 0.1) is 11.8 Å². The smallest absolute Gasteiger partial charge is 0.235 e. The molecule has 0 bridgehead atoms. The minimum absolute atomic E-state index is 0.121. The maximum absolute atomic E-state index is 12.3. The highest BCUT2D eigenvalue weighted by molar-refractivity contribution is 8.00. The van der Waals surface area contributed by atoms with Crippen molar-refractivity contribution in [1.29, 1.82) is 0 Å². The van der Waals surface area contributed by atoms with Crippen LogP contribution in [-0.4, -0.2) is 40.6 Å². The molecule has 1 saturated heterocycles. The van der Waals surface area contributed by atoms with Gasteiger partial charge in [-0.1, -0.05) is 18.3 Å². The van der Waals surface area contributed by atoms with E-state index >= 15 is 0 Å². The fourth-order valence-corrected chi connectivity index (χ4v) is 4.27. The van der Waals surface area contributed by atoms with Crippen LogP contribution in [-0.2, 0) is 11.3 Å². The Kier molecular flexibility index (Phi) is 5.96. The van der Waals surface area contributed by atoms with E-state index in [0.29, 0.717) is 6.54 Å². The molecule has 0 aromatic carbocycles. The molecule has 0 saturated carbocycles. The molecule has 1 aliphatic heterocycles. The molecule has 1 fully saturated rings. The molecule has 1 amide bonds. The normalized spacial score (nSPS) is 18.2. The van der Waals surface area contributed by atoms with E-state index in [1.54, 1.807) is 23.1 Å². The standard InChI is InChI=1S/C15H19NO2S2/c1-16(15(18)14-6-2-3-8-19-14)10-12-9-13(20-11-12)5-4-7-17/h9,11,14,17H,2-3,6-8,10H2,1H3. The van der Waals surface area contributed by atoms with E-state index < -0.39 is 0 Å². The number of aliphatic hydroxyl groups is 1. The number of nitrogens with zero attached hydrogens (tertiary/aromatic N) is 1. The monoisotopic (exact) mass is 309 g/mol. The Morgan fingerprint density at radius 1 is 1.55 bits per heavy atom. The van der Waals surface area contributed by atoms with Crippen molar-refractivity contribution in [2.75, 3.05) is 19.4 Å². The Morgan fingerprint density at radius 3 is 3.10 bits per heavy atom. The van der Waals surface area contributed by atoms with Crippen molar-refractivity contribution in [3.8, 4) is 11.8 Å². The lowest BCUT2D eigenvalue weighted by Crippen LogP contribution is -2.35. The van der Waals surface area contributed by atoms with Gasteiger partial charge in [0.05, 0.1) is 10.1 Å². The molecule has 1 aromatic heterocycles. The van der Waals surface area contributed by atoms with Gasteiger partial charge < -0.3 is 10.0 Å². The molecule has 1 atom stereocenters. The molecule has 3 nitrogen and oxygen atoms in total. The Bertz CT molecular complexity index is 509. The van der Waals surface area contributed by atoms with E-state index in [9.17, 15) is 4.79 Å². The first kappa shape index (κ1) is 15.4. The maximum Gasteiger partial charge on any atom is 0.235 e. The summed E-state index contributed by atoms with van der Waals surface area (Å²) in [6.45, 7) is 0.512. The Morgan fingerprint density at radius 2 is 2.40 bits per heavy atom. The van der Waals surface area contributed by atoms with E-state index in [0.717, 1.165) is 29.0 Å². The first-order valence-electron chi connectivity index (χ1n) is 6.74. The van der Waals surface area contributed by atoms with E-state index in [2.05, 4.69) is 11.8 Å². The number of carbonyl (C=O) groups excluding carboxylic acids is 1. The predicted molar refractivity (Wildman–Crippen MR) is 84.9 cm³/mol. The molecule has 2 rings (SSSR count). The Labute approximate surface area is 128 Å². The summed E-state index contributed by atoms with van der Waals surface area (Å²) in [6, 6.07) is 1.99. The summed E-state index contributed by atoms with van der Waals surface area (Å²) < 4.78 is 0. The topological polar surface area (TPSA) is 40.5 Å². The summed E-state index contributed by atoms with van der Waals surface area (Å²) >= 11 is 3.34. The first-order valence-corrected chi connectivity index (χ1v) is 8.67. The summed E-state index contributed by atoms with van der Waals surface area (Å²) in [5.41, 5.74) is 1.11. The number of rotatable bonds is 3. The minimum Gasteiger partial charge on any atom is -0.384 e. The number of hydrogen-bond donors (Lipinski definition) is 1. The summed E-state index contributed by atoms with van der Waals surface area (Å²) in [7, 11) is 1.87. The summed E-state index contributed by atoms with van der Waals surface area (Å²) in [6.07, 6.45) is 3.40. The van der Waals surface area contributed by atoms with Crippen LogP contribution >= 0.6 is 23.1 Å². The number of amides is 1. The minimum atomic E-state index is -0.121. The third-order valence-corrected chi connectivity index (χ3v) is 5.45. The molecule has 108 valence electrons. The molecule has 1 aliphatic rings. The van der Waals surface area contributed by atoms with E-state index in [4.69, 9.17) is 5.11 Å².